The van der Waals surface area contributed by atoms with Gasteiger partial charge in [0, 0.05) is 26.0 Å². The van der Waals surface area contributed by atoms with E-state index in [4.69, 9.17) is 5.11 Å². The predicted molar refractivity (Wildman–Crippen MR) is 67.7 cm³/mol. The maximum Gasteiger partial charge on any atom is 0.326 e. The first-order valence-electron chi connectivity index (χ1n) is 6.10. The number of anilines is 1. The van der Waals surface area contributed by atoms with Gasteiger partial charge in [-0.25, -0.2) is 14.8 Å². The van der Waals surface area contributed by atoms with Gasteiger partial charge in [-0.15, -0.1) is 0 Å². The van der Waals surface area contributed by atoms with Crippen LogP contribution in [0.3, 0.4) is 0 Å². The minimum absolute atomic E-state index is 0.0772. The van der Waals surface area contributed by atoms with Gasteiger partial charge in [0.05, 0.1) is 6.54 Å². The Labute approximate surface area is 110 Å². The largest absolute Gasteiger partial charge is 0.480 e. The smallest absolute Gasteiger partial charge is 0.326 e. The molecular formula is C12H16N4O3. The molecule has 0 aliphatic carbocycles. The van der Waals surface area contributed by atoms with E-state index in [0.29, 0.717) is 18.9 Å². The lowest BCUT2D eigenvalue weighted by atomic mass is 10.2. The van der Waals surface area contributed by atoms with Crippen LogP contribution in [0.15, 0.2) is 18.5 Å². The van der Waals surface area contributed by atoms with Gasteiger partial charge in [-0.1, -0.05) is 0 Å². The highest BCUT2D eigenvalue weighted by Gasteiger charge is 2.34. The molecule has 1 atom stereocenters. The summed E-state index contributed by atoms with van der Waals surface area (Å²) in [5.41, 5.74) is 0. The van der Waals surface area contributed by atoms with Crippen LogP contribution in [0.2, 0.25) is 0 Å². The molecule has 1 amide bonds. The molecule has 7 nitrogen and oxygen atoms in total. The van der Waals surface area contributed by atoms with Gasteiger partial charge in [0.2, 0.25) is 11.9 Å². The fourth-order valence-corrected chi connectivity index (χ4v) is 2.17. The van der Waals surface area contributed by atoms with Crippen molar-refractivity contribution in [3.63, 3.8) is 0 Å². The maximum atomic E-state index is 12.1. The van der Waals surface area contributed by atoms with Crippen molar-refractivity contribution in [2.45, 2.75) is 18.9 Å². The Morgan fingerprint density at radius 1 is 1.47 bits per heavy atom. The number of carboxylic acids is 1. The molecule has 1 aromatic rings. The molecular weight excluding hydrogens is 248 g/mol. The van der Waals surface area contributed by atoms with Crippen molar-refractivity contribution >= 4 is 17.8 Å². The second kappa shape index (κ2) is 5.64. The number of aliphatic carboxylic acids is 1. The first-order valence-corrected chi connectivity index (χ1v) is 6.10. The normalized spacial score (nSPS) is 18.4. The van der Waals surface area contributed by atoms with E-state index in [1.54, 1.807) is 30.4 Å². The van der Waals surface area contributed by atoms with Crippen LogP contribution < -0.4 is 4.90 Å². The first-order chi connectivity index (χ1) is 9.09. The van der Waals surface area contributed by atoms with E-state index in [2.05, 4.69) is 9.97 Å². The van der Waals surface area contributed by atoms with Crippen molar-refractivity contribution in [2.75, 3.05) is 25.0 Å². The number of hydrogen-bond acceptors (Lipinski definition) is 5. The zero-order valence-electron chi connectivity index (χ0n) is 10.7. The van der Waals surface area contributed by atoms with Gasteiger partial charge in [-0.2, -0.15) is 0 Å². The molecule has 0 unspecified atom stereocenters. The second-order valence-electron chi connectivity index (χ2n) is 4.49. The molecule has 0 spiro atoms. The van der Waals surface area contributed by atoms with Crippen LogP contribution in [0.5, 0.6) is 0 Å². The average Bonchev–Trinajstić information content (AvgIpc) is 2.89. The summed E-state index contributed by atoms with van der Waals surface area (Å²) in [5, 5.41) is 9.05. The van der Waals surface area contributed by atoms with E-state index in [9.17, 15) is 9.59 Å². The van der Waals surface area contributed by atoms with Crippen LogP contribution in [-0.2, 0) is 9.59 Å². The highest BCUT2D eigenvalue weighted by molar-refractivity contribution is 5.86. The molecule has 1 saturated heterocycles. The summed E-state index contributed by atoms with van der Waals surface area (Å²) in [4.78, 5) is 34.3. The standard InChI is InChI=1S/C12H16N4O3/c1-15(12-13-5-3-6-14-12)8-10(17)16-7-2-4-9(16)11(18)19/h3,5-6,9H,2,4,7-8H2,1H3,(H,18,19)/t9-/m1/s1. The van der Waals surface area contributed by atoms with Crippen molar-refractivity contribution in [1.29, 1.82) is 0 Å². The number of nitrogens with zero attached hydrogens (tertiary/aromatic N) is 4. The van der Waals surface area contributed by atoms with Crippen molar-refractivity contribution in [1.82, 2.24) is 14.9 Å². The minimum atomic E-state index is -0.940. The molecule has 0 radical (unpaired) electrons. The van der Waals surface area contributed by atoms with Gasteiger partial charge in [0.15, 0.2) is 0 Å². The van der Waals surface area contributed by atoms with Crippen LogP contribution in [-0.4, -0.2) is 58.0 Å². The lowest BCUT2D eigenvalue weighted by Crippen LogP contribution is -2.45. The summed E-state index contributed by atoms with van der Waals surface area (Å²) in [5.74, 6) is -0.703. The van der Waals surface area contributed by atoms with Crippen molar-refractivity contribution in [3.8, 4) is 0 Å². The molecule has 0 bridgehead atoms. The Morgan fingerprint density at radius 2 is 2.16 bits per heavy atom. The number of carbonyl (C=O) groups excluding carboxylic acids is 1. The predicted octanol–water partition coefficient (Wildman–Crippen LogP) is -0.0116. The van der Waals surface area contributed by atoms with E-state index < -0.39 is 12.0 Å². The molecule has 0 saturated carbocycles. The fourth-order valence-electron chi connectivity index (χ4n) is 2.17. The summed E-state index contributed by atoms with van der Waals surface area (Å²) in [6.45, 7) is 0.576. The van der Waals surface area contributed by atoms with Gasteiger partial charge in [0.25, 0.3) is 0 Å². The van der Waals surface area contributed by atoms with E-state index >= 15 is 0 Å². The Balaban J connectivity index is 1.99. The third-order valence-corrected chi connectivity index (χ3v) is 3.12. The number of carboxylic acid groups (broad SMARTS) is 1. The monoisotopic (exact) mass is 264 g/mol. The average molecular weight is 264 g/mol. The number of likely N-dealkylation sites (N-methyl/N-ethyl adjacent to an activating group) is 1. The molecule has 1 aliphatic rings. The lowest BCUT2D eigenvalue weighted by Gasteiger charge is -2.24. The highest BCUT2D eigenvalue weighted by Crippen LogP contribution is 2.18. The van der Waals surface area contributed by atoms with Crippen LogP contribution in [0, 0.1) is 0 Å². The number of aromatic nitrogens is 2. The first kappa shape index (κ1) is 13.3. The Hall–Kier alpha value is -2.18. The van der Waals surface area contributed by atoms with Gasteiger partial charge in [-0.05, 0) is 18.9 Å². The van der Waals surface area contributed by atoms with E-state index in [1.165, 1.54) is 4.90 Å². The molecule has 1 N–H and O–H groups in total. The molecule has 7 heteroatoms. The van der Waals surface area contributed by atoms with Gasteiger partial charge in [-0.3, -0.25) is 4.79 Å². The molecule has 1 fully saturated rings. The van der Waals surface area contributed by atoms with Gasteiger partial charge >= 0.3 is 5.97 Å². The Morgan fingerprint density at radius 3 is 2.79 bits per heavy atom. The van der Waals surface area contributed by atoms with Crippen molar-refractivity contribution in [2.24, 2.45) is 0 Å². The maximum absolute atomic E-state index is 12.1. The van der Waals surface area contributed by atoms with Crippen LogP contribution in [0.4, 0.5) is 5.95 Å². The summed E-state index contributed by atoms with van der Waals surface area (Å²) in [7, 11) is 1.71. The second-order valence-corrected chi connectivity index (χ2v) is 4.49. The third-order valence-electron chi connectivity index (χ3n) is 3.12. The molecule has 19 heavy (non-hydrogen) atoms. The number of hydrogen-bond donors (Lipinski definition) is 1. The van der Waals surface area contributed by atoms with Crippen LogP contribution >= 0.6 is 0 Å². The molecule has 2 rings (SSSR count). The number of likely N-dealkylation sites (tertiary alicyclic amines) is 1. The molecule has 0 aromatic carbocycles. The van der Waals surface area contributed by atoms with Crippen LogP contribution in [0.1, 0.15) is 12.8 Å². The molecule has 2 heterocycles. The Bertz CT molecular complexity index is 465. The van der Waals surface area contributed by atoms with Crippen molar-refractivity contribution in [3.05, 3.63) is 18.5 Å². The summed E-state index contributed by atoms with van der Waals surface area (Å²) < 4.78 is 0. The SMILES string of the molecule is CN(CC(=O)N1CCC[C@@H]1C(=O)O)c1ncccn1. The number of carbonyl (C=O) groups is 2. The van der Waals surface area contributed by atoms with E-state index in [1.807, 2.05) is 0 Å². The summed E-state index contributed by atoms with van der Waals surface area (Å²) >= 11 is 0. The highest BCUT2D eigenvalue weighted by atomic mass is 16.4. The topological polar surface area (TPSA) is 86.6 Å². The summed E-state index contributed by atoms with van der Waals surface area (Å²) in [6, 6.07) is 0.998. The summed E-state index contributed by atoms with van der Waals surface area (Å²) in [6.07, 6.45) is 4.44. The zero-order chi connectivity index (χ0) is 13.8. The fraction of sp³-hybridized carbons (Fsp3) is 0.500. The minimum Gasteiger partial charge on any atom is -0.480 e. The van der Waals surface area contributed by atoms with E-state index in [-0.39, 0.29) is 12.5 Å². The van der Waals surface area contributed by atoms with Crippen LogP contribution in [0.25, 0.3) is 0 Å². The molecule has 102 valence electrons. The van der Waals surface area contributed by atoms with Gasteiger partial charge in [0.1, 0.15) is 6.04 Å². The molecule has 1 aromatic heterocycles. The van der Waals surface area contributed by atoms with Crippen molar-refractivity contribution < 1.29 is 14.7 Å². The Kier molecular flexibility index (Phi) is 3.94. The van der Waals surface area contributed by atoms with Gasteiger partial charge < -0.3 is 14.9 Å². The van der Waals surface area contributed by atoms with E-state index in [0.717, 1.165) is 6.42 Å². The number of amides is 1. The lowest BCUT2D eigenvalue weighted by molar-refractivity contribution is -0.147. The molecule has 1 aliphatic heterocycles. The zero-order valence-corrected chi connectivity index (χ0v) is 10.7. The third kappa shape index (κ3) is 2.98. The number of rotatable bonds is 4. The quantitative estimate of drug-likeness (QED) is 0.823.